The van der Waals surface area contributed by atoms with Crippen LogP contribution in [0.3, 0.4) is 0 Å². The van der Waals surface area contributed by atoms with Gasteiger partial charge in [-0.05, 0) is 17.0 Å². The van der Waals surface area contributed by atoms with Crippen LogP contribution in [0.15, 0.2) is 30.3 Å². The van der Waals surface area contributed by atoms with Crippen LogP contribution in [0.2, 0.25) is 0 Å². The number of anilines is 1. The molecule has 1 aliphatic rings. The molecule has 2 aromatic rings. The Morgan fingerprint density at radius 1 is 1.29 bits per heavy atom. The normalized spacial score (nSPS) is 13.1. The van der Waals surface area contributed by atoms with Crippen molar-refractivity contribution < 1.29 is 9.59 Å². The maximum Gasteiger partial charge on any atom is 0.224 e. The molecule has 0 unspecified atom stereocenters. The molecule has 2 aromatic carbocycles. The maximum atomic E-state index is 11.6. The van der Waals surface area contributed by atoms with Crippen molar-refractivity contribution in [2.75, 3.05) is 4.90 Å². The molecule has 1 amide bonds. The van der Waals surface area contributed by atoms with Gasteiger partial charge < -0.3 is 4.90 Å². The van der Waals surface area contributed by atoms with Crippen molar-refractivity contribution in [2.45, 2.75) is 13.5 Å². The number of amides is 1. The van der Waals surface area contributed by atoms with E-state index in [1.54, 1.807) is 11.8 Å². The van der Waals surface area contributed by atoms with Crippen molar-refractivity contribution in [3.8, 4) is 0 Å². The molecule has 0 spiro atoms. The molecule has 17 heavy (non-hydrogen) atoms. The van der Waals surface area contributed by atoms with E-state index in [0.717, 1.165) is 28.3 Å². The fraction of sp³-hybridized carbons (Fsp3) is 0.143. The average molecular weight is 225 g/mol. The summed E-state index contributed by atoms with van der Waals surface area (Å²) in [6.45, 7) is 2.16. The second-order valence-corrected chi connectivity index (χ2v) is 4.24. The molecule has 0 bridgehead atoms. The lowest BCUT2D eigenvalue weighted by Gasteiger charge is -2.14. The first kappa shape index (κ1) is 10.0. The molecule has 0 aliphatic carbocycles. The molecular weight excluding hydrogens is 214 g/mol. The Morgan fingerprint density at radius 2 is 2.12 bits per heavy atom. The zero-order valence-electron chi connectivity index (χ0n) is 9.43. The highest BCUT2D eigenvalue weighted by Gasteiger charge is 2.24. The lowest BCUT2D eigenvalue weighted by Crippen LogP contribution is -2.23. The molecule has 0 atom stereocenters. The number of hydrogen-bond donors (Lipinski definition) is 0. The monoisotopic (exact) mass is 225 g/mol. The van der Waals surface area contributed by atoms with Gasteiger partial charge in [-0.25, -0.2) is 0 Å². The summed E-state index contributed by atoms with van der Waals surface area (Å²) in [5, 5.41) is 1.96. The van der Waals surface area contributed by atoms with Gasteiger partial charge in [0.15, 0.2) is 6.29 Å². The van der Waals surface area contributed by atoms with E-state index in [1.807, 2.05) is 30.3 Å². The van der Waals surface area contributed by atoms with Crippen LogP contribution < -0.4 is 4.90 Å². The highest BCUT2D eigenvalue weighted by atomic mass is 16.2. The summed E-state index contributed by atoms with van der Waals surface area (Å²) >= 11 is 0. The highest BCUT2D eigenvalue weighted by Crippen LogP contribution is 2.38. The van der Waals surface area contributed by atoms with Gasteiger partial charge in [0, 0.05) is 17.9 Å². The Morgan fingerprint density at radius 3 is 2.82 bits per heavy atom. The van der Waals surface area contributed by atoms with Crippen LogP contribution in [-0.4, -0.2) is 12.2 Å². The predicted octanol–water partition coefficient (Wildman–Crippen LogP) is 2.52. The molecule has 0 saturated heterocycles. The van der Waals surface area contributed by atoms with Crippen molar-refractivity contribution in [3.63, 3.8) is 0 Å². The summed E-state index contributed by atoms with van der Waals surface area (Å²) in [5.41, 5.74) is 2.70. The van der Waals surface area contributed by atoms with Crippen LogP contribution >= 0.6 is 0 Å². The Labute approximate surface area is 98.6 Å². The van der Waals surface area contributed by atoms with Crippen LogP contribution in [0, 0.1) is 0 Å². The summed E-state index contributed by atoms with van der Waals surface area (Å²) in [7, 11) is 0. The maximum absolute atomic E-state index is 11.6. The van der Waals surface area contributed by atoms with Crippen LogP contribution in [0.4, 0.5) is 5.69 Å². The Kier molecular flexibility index (Phi) is 2.01. The summed E-state index contributed by atoms with van der Waals surface area (Å²) in [4.78, 5) is 24.3. The van der Waals surface area contributed by atoms with Gasteiger partial charge in [0.2, 0.25) is 5.91 Å². The van der Waals surface area contributed by atoms with E-state index in [2.05, 4.69) is 0 Å². The molecule has 3 rings (SSSR count). The number of carbonyl (C=O) groups is 2. The second-order valence-electron chi connectivity index (χ2n) is 4.24. The van der Waals surface area contributed by atoms with E-state index >= 15 is 0 Å². The topological polar surface area (TPSA) is 37.4 Å². The van der Waals surface area contributed by atoms with Crippen molar-refractivity contribution in [1.82, 2.24) is 0 Å². The molecule has 0 fully saturated rings. The first-order valence-electron chi connectivity index (χ1n) is 5.50. The average Bonchev–Trinajstić information content (AvgIpc) is 2.71. The summed E-state index contributed by atoms with van der Waals surface area (Å²) < 4.78 is 0. The minimum atomic E-state index is 0.0290. The number of nitrogens with zero attached hydrogens (tertiary/aromatic N) is 1. The third-order valence-corrected chi connectivity index (χ3v) is 3.26. The number of carbonyl (C=O) groups excluding carboxylic acids is 2. The summed E-state index contributed by atoms with van der Waals surface area (Å²) in [5.74, 6) is 0.0290. The molecule has 3 heteroatoms. The quantitative estimate of drug-likeness (QED) is 0.699. The minimum Gasteiger partial charge on any atom is -0.308 e. The molecule has 3 nitrogen and oxygen atoms in total. The fourth-order valence-electron chi connectivity index (χ4n) is 2.48. The molecule has 0 N–H and O–H groups in total. The predicted molar refractivity (Wildman–Crippen MR) is 66.2 cm³/mol. The van der Waals surface area contributed by atoms with Crippen molar-refractivity contribution >= 4 is 28.7 Å². The van der Waals surface area contributed by atoms with E-state index in [0.29, 0.717) is 12.1 Å². The molecule has 84 valence electrons. The molecular formula is C14H11NO2. The van der Waals surface area contributed by atoms with Gasteiger partial charge in [0.1, 0.15) is 0 Å². The third kappa shape index (κ3) is 1.29. The molecule has 1 aliphatic heterocycles. The number of hydrogen-bond acceptors (Lipinski definition) is 2. The standard InChI is InChI=1S/C14H11NO2/c1-9(17)15-7-10-5-6-11(8-16)12-3-2-4-13(15)14(10)12/h2-6,8H,7H2,1H3. The lowest BCUT2D eigenvalue weighted by atomic mass is 10.0. The zero-order valence-corrected chi connectivity index (χ0v) is 9.43. The third-order valence-electron chi connectivity index (χ3n) is 3.26. The number of benzene rings is 2. The fourth-order valence-corrected chi connectivity index (χ4v) is 2.48. The number of rotatable bonds is 1. The molecule has 0 radical (unpaired) electrons. The number of aldehydes is 1. The Balaban J connectivity index is 2.38. The van der Waals surface area contributed by atoms with Crippen LogP contribution in [-0.2, 0) is 11.3 Å². The van der Waals surface area contributed by atoms with Crippen molar-refractivity contribution in [1.29, 1.82) is 0 Å². The van der Waals surface area contributed by atoms with Gasteiger partial charge in [-0.3, -0.25) is 9.59 Å². The highest BCUT2D eigenvalue weighted by molar-refractivity contribution is 6.11. The van der Waals surface area contributed by atoms with Crippen LogP contribution in [0.1, 0.15) is 22.8 Å². The molecule has 0 aromatic heterocycles. The molecule has 1 heterocycles. The van der Waals surface area contributed by atoms with Crippen LogP contribution in [0.25, 0.3) is 10.8 Å². The van der Waals surface area contributed by atoms with E-state index in [4.69, 9.17) is 0 Å². The second kappa shape index (κ2) is 3.42. The van der Waals surface area contributed by atoms with Gasteiger partial charge in [0.05, 0.1) is 12.2 Å². The first-order valence-corrected chi connectivity index (χ1v) is 5.50. The van der Waals surface area contributed by atoms with E-state index < -0.39 is 0 Å². The van der Waals surface area contributed by atoms with E-state index in [-0.39, 0.29) is 5.91 Å². The van der Waals surface area contributed by atoms with E-state index in [1.165, 1.54) is 0 Å². The first-order chi connectivity index (χ1) is 8.22. The molecule has 0 saturated carbocycles. The Bertz CT molecular complexity index is 646. The summed E-state index contributed by atoms with van der Waals surface area (Å²) in [6, 6.07) is 9.48. The lowest BCUT2D eigenvalue weighted by molar-refractivity contribution is -0.116. The smallest absolute Gasteiger partial charge is 0.224 e. The van der Waals surface area contributed by atoms with Gasteiger partial charge in [-0.1, -0.05) is 24.3 Å². The minimum absolute atomic E-state index is 0.0290. The van der Waals surface area contributed by atoms with Gasteiger partial charge in [-0.2, -0.15) is 0 Å². The van der Waals surface area contributed by atoms with Gasteiger partial charge in [0.25, 0.3) is 0 Å². The summed E-state index contributed by atoms with van der Waals surface area (Å²) in [6.07, 6.45) is 0.860. The van der Waals surface area contributed by atoms with Crippen molar-refractivity contribution in [2.24, 2.45) is 0 Å². The largest absolute Gasteiger partial charge is 0.308 e. The van der Waals surface area contributed by atoms with Crippen LogP contribution in [0.5, 0.6) is 0 Å². The Hall–Kier alpha value is -2.16. The SMILES string of the molecule is CC(=O)N1Cc2ccc(C=O)c3cccc1c23. The van der Waals surface area contributed by atoms with E-state index in [9.17, 15) is 9.59 Å². The van der Waals surface area contributed by atoms with Gasteiger partial charge >= 0.3 is 0 Å². The van der Waals surface area contributed by atoms with Gasteiger partial charge in [-0.15, -0.1) is 0 Å². The zero-order chi connectivity index (χ0) is 12.0. The van der Waals surface area contributed by atoms with Crippen molar-refractivity contribution in [3.05, 3.63) is 41.5 Å².